The van der Waals surface area contributed by atoms with E-state index in [0.717, 1.165) is 0 Å². The maximum absolute atomic E-state index is 11.1. The zero-order chi connectivity index (χ0) is 9.99. The van der Waals surface area contributed by atoms with Gasteiger partial charge in [0, 0.05) is 0 Å². The van der Waals surface area contributed by atoms with Gasteiger partial charge in [-0.15, -0.1) is 26.3 Å². The average Bonchev–Trinajstić information content (AvgIpc) is 1.49. The van der Waals surface area contributed by atoms with Crippen molar-refractivity contribution in [2.45, 2.75) is 12.7 Å². The molecule has 0 aromatic rings. The minimum Gasteiger partial charge on any atom is -0.328 e. The van der Waals surface area contributed by atoms with E-state index in [1.54, 1.807) is 0 Å². The van der Waals surface area contributed by atoms with Crippen LogP contribution >= 0.6 is 8.60 Å². The van der Waals surface area contributed by atoms with E-state index >= 15 is 0 Å². The molecule has 0 aliphatic rings. The van der Waals surface area contributed by atoms with Gasteiger partial charge in [0.1, 0.15) is 0 Å². The Morgan fingerprint density at radius 1 is 0.833 bits per heavy atom. The van der Waals surface area contributed by atoms with Crippen molar-refractivity contribution in [1.82, 2.24) is 0 Å². The molecule has 10 heteroatoms. The summed E-state index contributed by atoms with van der Waals surface area (Å²) in [6.45, 7) is 0. The SMILES string of the molecule is OP(OC(F)(F)F)OC(F)(F)F. The number of hydrogen-bond acceptors (Lipinski definition) is 3. The third-order valence-corrected chi connectivity index (χ3v) is 1.09. The molecular weight excluding hydrogens is 217 g/mol. The van der Waals surface area contributed by atoms with E-state index in [1.807, 2.05) is 0 Å². The molecule has 0 saturated carbocycles. The molecule has 0 aliphatic carbocycles. The fourth-order valence-corrected chi connectivity index (χ4v) is 0.587. The highest BCUT2D eigenvalue weighted by Crippen LogP contribution is 2.45. The first-order chi connectivity index (χ1) is 5.10. The van der Waals surface area contributed by atoms with Crippen LogP contribution in [-0.2, 0) is 9.05 Å². The van der Waals surface area contributed by atoms with Crippen molar-refractivity contribution in [2.24, 2.45) is 0 Å². The van der Waals surface area contributed by atoms with Crippen LogP contribution in [0.1, 0.15) is 0 Å². The van der Waals surface area contributed by atoms with Gasteiger partial charge in [-0.25, -0.2) is 9.05 Å². The van der Waals surface area contributed by atoms with Crippen LogP contribution < -0.4 is 0 Å². The second-order valence-electron chi connectivity index (χ2n) is 1.31. The molecule has 12 heavy (non-hydrogen) atoms. The Bertz CT molecular complexity index is 125. The fraction of sp³-hybridized carbons (Fsp3) is 1.00. The van der Waals surface area contributed by atoms with Crippen LogP contribution in [0.5, 0.6) is 0 Å². The fourth-order valence-electron chi connectivity index (χ4n) is 0.196. The molecule has 74 valence electrons. The lowest BCUT2D eigenvalue weighted by molar-refractivity contribution is -0.307. The van der Waals surface area contributed by atoms with Gasteiger partial charge in [0.05, 0.1) is 0 Å². The molecule has 0 atom stereocenters. The van der Waals surface area contributed by atoms with Crippen molar-refractivity contribution >= 4 is 8.60 Å². The van der Waals surface area contributed by atoms with Crippen molar-refractivity contribution < 1.29 is 40.3 Å². The lowest BCUT2D eigenvalue weighted by Gasteiger charge is -2.13. The molecule has 0 aromatic heterocycles. The van der Waals surface area contributed by atoms with E-state index in [9.17, 15) is 26.3 Å². The van der Waals surface area contributed by atoms with Gasteiger partial charge in [-0.3, -0.25) is 0 Å². The summed E-state index contributed by atoms with van der Waals surface area (Å²) >= 11 is 0. The lowest BCUT2D eigenvalue weighted by atomic mass is 11.4. The first-order valence-electron chi connectivity index (χ1n) is 2.11. The van der Waals surface area contributed by atoms with Crippen LogP contribution in [0.3, 0.4) is 0 Å². The van der Waals surface area contributed by atoms with Gasteiger partial charge in [-0.05, 0) is 0 Å². The first kappa shape index (κ1) is 11.9. The van der Waals surface area contributed by atoms with Gasteiger partial charge in [-0.2, -0.15) is 0 Å². The van der Waals surface area contributed by atoms with Gasteiger partial charge in [-0.1, -0.05) is 0 Å². The second kappa shape index (κ2) is 3.73. The third kappa shape index (κ3) is 7.99. The molecular formula is C2HF6O3P. The van der Waals surface area contributed by atoms with Gasteiger partial charge in [0.2, 0.25) is 0 Å². The van der Waals surface area contributed by atoms with Crippen molar-refractivity contribution in [2.75, 3.05) is 0 Å². The number of rotatable bonds is 2. The predicted octanol–water partition coefficient (Wildman–Crippen LogP) is 2.28. The van der Waals surface area contributed by atoms with E-state index in [0.29, 0.717) is 0 Å². The molecule has 0 amide bonds. The van der Waals surface area contributed by atoms with Crippen LogP contribution in [0.15, 0.2) is 0 Å². The molecule has 0 fully saturated rings. The molecule has 0 aromatic carbocycles. The molecule has 0 heterocycles. The molecule has 0 spiro atoms. The van der Waals surface area contributed by atoms with Gasteiger partial charge >= 0.3 is 21.3 Å². The highest BCUT2D eigenvalue weighted by atomic mass is 31.2. The molecule has 0 bridgehead atoms. The van der Waals surface area contributed by atoms with Gasteiger partial charge in [0.25, 0.3) is 0 Å². The number of alkyl halides is 6. The largest absolute Gasteiger partial charge is 0.529 e. The zero-order valence-corrected chi connectivity index (χ0v) is 5.87. The summed E-state index contributed by atoms with van der Waals surface area (Å²) in [5.74, 6) is 0. The predicted molar refractivity (Wildman–Crippen MR) is 23.4 cm³/mol. The Hall–Kier alpha value is -0.110. The van der Waals surface area contributed by atoms with Crippen LogP contribution in [0.4, 0.5) is 26.3 Å². The van der Waals surface area contributed by atoms with Crippen molar-refractivity contribution in [3.05, 3.63) is 0 Å². The van der Waals surface area contributed by atoms with Crippen LogP contribution in [0, 0.1) is 0 Å². The summed E-state index contributed by atoms with van der Waals surface area (Å²) in [5, 5.41) is 0. The van der Waals surface area contributed by atoms with Crippen LogP contribution in [0.2, 0.25) is 0 Å². The maximum atomic E-state index is 11.1. The summed E-state index contributed by atoms with van der Waals surface area (Å²) in [6, 6.07) is 0. The molecule has 1 N–H and O–H groups in total. The van der Waals surface area contributed by atoms with Crippen molar-refractivity contribution in [3.63, 3.8) is 0 Å². The van der Waals surface area contributed by atoms with Gasteiger partial charge < -0.3 is 4.89 Å². The van der Waals surface area contributed by atoms with E-state index in [-0.39, 0.29) is 0 Å². The van der Waals surface area contributed by atoms with E-state index in [1.165, 1.54) is 0 Å². The molecule has 0 unspecified atom stereocenters. The summed E-state index contributed by atoms with van der Waals surface area (Å²) in [4.78, 5) is 7.90. The third-order valence-electron chi connectivity index (χ3n) is 0.363. The number of hydrogen-bond donors (Lipinski definition) is 1. The molecule has 3 nitrogen and oxygen atoms in total. The minimum atomic E-state index is -5.36. The quantitative estimate of drug-likeness (QED) is 0.570. The first-order valence-corrected chi connectivity index (χ1v) is 3.24. The standard InChI is InChI=1S/C2HF6O3P/c3-1(4,5)10-12(9)11-2(6,7)8/h9H. The summed E-state index contributed by atoms with van der Waals surface area (Å²) in [6.07, 6.45) is -10.7. The van der Waals surface area contributed by atoms with Crippen molar-refractivity contribution in [1.29, 1.82) is 0 Å². The smallest absolute Gasteiger partial charge is 0.328 e. The molecule has 0 rings (SSSR count). The number of halogens is 6. The molecule has 0 saturated heterocycles. The van der Waals surface area contributed by atoms with Crippen LogP contribution in [-0.4, -0.2) is 17.6 Å². The topological polar surface area (TPSA) is 38.7 Å². The highest BCUT2D eigenvalue weighted by Gasteiger charge is 2.41. The molecule has 0 aliphatic heterocycles. The van der Waals surface area contributed by atoms with E-state index in [2.05, 4.69) is 9.05 Å². The maximum Gasteiger partial charge on any atom is 0.529 e. The summed E-state index contributed by atoms with van der Waals surface area (Å²) in [5.41, 5.74) is 0. The Morgan fingerprint density at radius 2 is 1.08 bits per heavy atom. The summed E-state index contributed by atoms with van der Waals surface area (Å²) in [7, 11) is -4.01. The Balaban J connectivity index is 3.83. The monoisotopic (exact) mass is 218 g/mol. The average molecular weight is 218 g/mol. The normalized spacial score (nSPS) is 14.0. The van der Waals surface area contributed by atoms with E-state index < -0.39 is 21.3 Å². The zero-order valence-electron chi connectivity index (χ0n) is 4.98. The van der Waals surface area contributed by atoms with Crippen LogP contribution in [0.25, 0.3) is 0 Å². The minimum absolute atomic E-state index is 2.49. The van der Waals surface area contributed by atoms with Crippen molar-refractivity contribution in [3.8, 4) is 0 Å². The highest BCUT2D eigenvalue weighted by molar-refractivity contribution is 7.40. The summed E-state index contributed by atoms with van der Waals surface area (Å²) < 4.78 is 71.4. The lowest BCUT2D eigenvalue weighted by Crippen LogP contribution is -2.15. The Kier molecular flexibility index (Phi) is 3.70. The Labute approximate surface area is 62.9 Å². The Morgan fingerprint density at radius 3 is 1.25 bits per heavy atom. The van der Waals surface area contributed by atoms with Gasteiger partial charge in [0.15, 0.2) is 0 Å². The van der Waals surface area contributed by atoms with E-state index in [4.69, 9.17) is 4.89 Å². The second-order valence-corrected chi connectivity index (χ2v) is 2.15. The molecule has 0 radical (unpaired) electrons.